The first kappa shape index (κ1) is 15.7. The van der Waals surface area contributed by atoms with Crippen molar-refractivity contribution in [2.75, 3.05) is 7.11 Å². The number of methoxy groups -OCH3 is 1. The van der Waals surface area contributed by atoms with E-state index in [9.17, 15) is 19.1 Å². The summed E-state index contributed by atoms with van der Waals surface area (Å²) in [5.74, 6) is -3.70. The number of esters is 1. The Morgan fingerprint density at radius 1 is 1.35 bits per heavy atom. The third-order valence-electron chi connectivity index (χ3n) is 4.31. The summed E-state index contributed by atoms with van der Waals surface area (Å²) in [4.78, 5) is 24.2. The summed E-state index contributed by atoms with van der Waals surface area (Å²) >= 11 is 0. The van der Waals surface area contributed by atoms with Gasteiger partial charge in [-0.2, -0.15) is 0 Å². The maximum atomic E-state index is 13.2. The molecule has 1 aromatic carbocycles. The normalized spacial score (nSPS) is 27.3. The van der Waals surface area contributed by atoms with Crippen LogP contribution in [0.3, 0.4) is 0 Å². The lowest BCUT2D eigenvalue weighted by atomic mass is 9.77. The number of carbonyl (C=O) groups is 2. The van der Waals surface area contributed by atoms with E-state index in [0.717, 1.165) is 7.11 Å². The Morgan fingerprint density at radius 2 is 2.04 bits per heavy atom. The van der Waals surface area contributed by atoms with Crippen molar-refractivity contribution in [2.45, 2.75) is 37.4 Å². The highest BCUT2D eigenvalue weighted by molar-refractivity contribution is 5.98. The Bertz CT molecular complexity index is 679. The van der Waals surface area contributed by atoms with Gasteiger partial charge in [-0.15, -0.1) is 0 Å². The number of Topliss-reactive ketones (excluding diaryl/α,β-unsaturated/α-hetero) is 1. The Hall–Kier alpha value is -2.21. The molecular weight excluding hydrogens is 303 g/mol. The molecule has 1 heterocycles. The monoisotopic (exact) mass is 320 g/mol. The minimum Gasteiger partial charge on any atom is -0.464 e. The lowest BCUT2D eigenvalue weighted by Gasteiger charge is -2.39. The van der Waals surface area contributed by atoms with Gasteiger partial charge in [0.25, 0.3) is 0 Å². The number of ketones is 1. The van der Waals surface area contributed by atoms with Crippen molar-refractivity contribution in [3.8, 4) is 0 Å². The van der Waals surface area contributed by atoms with Gasteiger partial charge >= 0.3 is 11.8 Å². The summed E-state index contributed by atoms with van der Waals surface area (Å²) in [7, 11) is 1.16. The van der Waals surface area contributed by atoms with Gasteiger partial charge < -0.3 is 14.6 Å². The highest BCUT2D eigenvalue weighted by Gasteiger charge is 2.50. The highest BCUT2D eigenvalue weighted by Crippen LogP contribution is 2.45. The molecule has 122 valence electrons. The zero-order chi connectivity index (χ0) is 16.6. The van der Waals surface area contributed by atoms with E-state index in [0.29, 0.717) is 36.2 Å². The first-order chi connectivity index (χ1) is 10.9. The maximum Gasteiger partial charge on any atom is 0.379 e. The minimum atomic E-state index is -2.13. The SMILES string of the molecule is COC(=O)C1(O)C[C@H](c2ccc(F)cc2)C2=C(CCCC2=O)O1. The zero-order valence-electron chi connectivity index (χ0n) is 12.7. The Kier molecular flexibility index (Phi) is 3.93. The fraction of sp³-hybridized carbons (Fsp3) is 0.412. The van der Waals surface area contributed by atoms with Crippen LogP contribution in [-0.4, -0.2) is 29.8 Å². The van der Waals surface area contributed by atoms with Crippen LogP contribution in [0.15, 0.2) is 35.6 Å². The maximum absolute atomic E-state index is 13.2. The predicted molar refractivity (Wildman–Crippen MR) is 77.7 cm³/mol. The van der Waals surface area contributed by atoms with Crippen LogP contribution in [0.2, 0.25) is 0 Å². The molecule has 0 spiro atoms. The van der Waals surface area contributed by atoms with Gasteiger partial charge in [-0.05, 0) is 24.1 Å². The molecule has 1 aromatic rings. The van der Waals surface area contributed by atoms with Crippen molar-refractivity contribution in [3.05, 3.63) is 47.0 Å². The number of ether oxygens (including phenoxy) is 2. The fourth-order valence-corrected chi connectivity index (χ4v) is 3.22. The zero-order valence-corrected chi connectivity index (χ0v) is 12.7. The van der Waals surface area contributed by atoms with E-state index in [2.05, 4.69) is 4.74 Å². The van der Waals surface area contributed by atoms with Crippen LogP contribution < -0.4 is 0 Å². The quantitative estimate of drug-likeness (QED) is 0.846. The van der Waals surface area contributed by atoms with Crippen LogP contribution in [0, 0.1) is 5.82 Å². The molecule has 6 heteroatoms. The number of halogens is 1. The Balaban J connectivity index is 2.08. The molecule has 0 amide bonds. The largest absolute Gasteiger partial charge is 0.464 e. The summed E-state index contributed by atoms with van der Waals surface area (Å²) in [6, 6.07) is 5.68. The number of aliphatic hydroxyl groups is 1. The molecule has 3 rings (SSSR count). The first-order valence-electron chi connectivity index (χ1n) is 7.46. The van der Waals surface area contributed by atoms with Crippen LogP contribution >= 0.6 is 0 Å². The summed E-state index contributed by atoms with van der Waals surface area (Å²) in [6.07, 6.45) is 1.33. The molecule has 23 heavy (non-hydrogen) atoms. The number of hydrogen-bond acceptors (Lipinski definition) is 5. The molecule has 1 unspecified atom stereocenters. The van der Waals surface area contributed by atoms with Gasteiger partial charge in [-0.3, -0.25) is 4.79 Å². The molecule has 1 aliphatic heterocycles. The first-order valence-corrected chi connectivity index (χ1v) is 7.46. The van der Waals surface area contributed by atoms with Crippen molar-refractivity contribution in [1.82, 2.24) is 0 Å². The van der Waals surface area contributed by atoms with E-state index < -0.39 is 23.5 Å². The number of allylic oxidation sites excluding steroid dienone is 2. The number of benzene rings is 1. The molecule has 0 fully saturated rings. The summed E-state index contributed by atoms with van der Waals surface area (Å²) < 4.78 is 23.2. The summed E-state index contributed by atoms with van der Waals surface area (Å²) in [6.45, 7) is 0. The Labute approximate surface area is 132 Å². The smallest absolute Gasteiger partial charge is 0.379 e. The summed E-state index contributed by atoms with van der Waals surface area (Å²) in [5.41, 5.74) is 1.12. The van der Waals surface area contributed by atoms with Crippen molar-refractivity contribution in [1.29, 1.82) is 0 Å². The molecule has 5 nitrogen and oxygen atoms in total. The third-order valence-corrected chi connectivity index (χ3v) is 4.31. The van der Waals surface area contributed by atoms with Gasteiger partial charge in [-0.1, -0.05) is 12.1 Å². The van der Waals surface area contributed by atoms with E-state index in [4.69, 9.17) is 4.74 Å². The number of carbonyl (C=O) groups excluding carboxylic acids is 2. The van der Waals surface area contributed by atoms with E-state index in [1.807, 2.05) is 0 Å². The van der Waals surface area contributed by atoms with Crippen molar-refractivity contribution >= 4 is 11.8 Å². The predicted octanol–water partition coefficient (Wildman–Crippen LogP) is 2.20. The average molecular weight is 320 g/mol. The Morgan fingerprint density at radius 3 is 2.70 bits per heavy atom. The average Bonchev–Trinajstić information content (AvgIpc) is 2.54. The molecule has 2 atom stereocenters. The van der Waals surface area contributed by atoms with E-state index in [-0.39, 0.29) is 12.2 Å². The van der Waals surface area contributed by atoms with Gasteiger partial charge in [0.1, 0.15) is 11.6 Å². The van der Waals surface area contributed by atoms with Crippen LogP contribution in [0.5, 0.6) is 0 Å². The van der Waals surface area contributed by atoms with Crippen molar-refractivity contribution in [3.63, 3.8) is 0 Å². The molecule has 0 saturated carbocycles. The third kappa shape index (κ3) is 2.74. The van der Waals surface area contributed by atoms with E-state index >= 15 is 0 Å². The topological polar surface area (TPSA) is 72.8 Å². The summed E-state index contributed by atoms with van der Waals surface area (Å²) in [5, 5.41) is 10.5. The molecule has 1 aliphatic carbocycles. The number of hydrogen-bond donors (Lipinski definition) is 1. The molecule has 0 radical (unpaired) electrons. The minimum absolute atomic E-state index is 0.0625. The van der Waals surface area contributed by atoms with Gasteiger partial charge in [0.15, 0.2) is 5.78 Å². The van der Waals surface area contributed by atoms with Crippen LogP contribution in [0.25, 0.3) is 0 Å². The highest BCUT2D eigenvalue weighted by atomic mass is 19.1. The van der Waals surface area contributed by atoms with Gasteiger partial charge in [0.2, 0.25) is 0 Å². The second-order valence-corrected chi connectivity index (χ2v) is 5.80. The molecule has 1 N–H and O–H groups in total. The van der Waals surface area contributed by atoms with Gasteiger partial charge in [-0.25, -0.2) is 9.18 Å². The van der Waals surface area contributed by atoms with E-state index in [1.54, 1.807) is 12.1 Å². The molecule has 2 aliphatic rings. The second kappa shape index (κ2) is 5.77. The van der Waals surface area contributed by atoms with Crippen molar-refractivity contribution in [2.24, 2.45) is 0 Å². The van der Waals surface area contributed by atoms with Gasteiger partial charge in [0.05, 0.1) is 7.11 Å². The molecular formula is C17H17FO5. The lowest BCUT2D eigenvalue weighted by Crippen LogP contribution is -2.47. The number of rotatable bonds is 2. The lowest BCUT2D eigenvalue weighted by molar-refractivity contribution is -0.222. The standard InChI is InChI=1S/C17H17FO5/c1-22-16(20)17(21)9-12(10-5-7-11(18)8-6-10)15-13(19)3-2-4-14(15)23-17/h5-8,12,21H,2-4,9H2,1H3/t12-,17?/m1/s1. The van der Waals surface area contributed by atoms with Crippen LogP contribution in [0.1, 0.15) is 37.2 Å². The van der Waals surface area contributed by atoms with Crippen molar-refractivity contribution < 1.29 is 28.6 Å². The fourth-order valence-electron chi connectivity index (χ4n) is 3.22. The molecule has 0 bridgehead atoms. The van der Waals surface area contributed by atoms with Crippen LogP contribution in [0.4, 0.5) is 4.39 Å². The second-order valence-electron chi connectivity index (χ2n) is 5.80. The van der Waals surface area contributed by atoms with Gasteiger partial charge in [0, 0.05) is 30.8 Å². The molecule has 0 saturated heterocycles. The van der Waals surface area contributed by atoms with E-state index in [1.165, 1.54) is 12.1 Å². The van der Waals surface area contributed by atoms with Crippen LogP contribution in [-0.2, 0) is 19.1 Å². The molecule has 0 aromatic heterocycles.